The molecule has 8 heteroatoms. The Kier molecular flexibility index (Phi) is 6.10. The smallest absolute Gasteiger partial charge is 0.221 e. The van der Waals surface area contributed by atoms with Gasteiger partial charge in [0.25, 0.3) is 0 Å². The highest BCUT2D eigenvalue weighted by Crippen LogP contribution is 2.27. The number of aromatic carboxylic acids is 1. The molecule has 3 rings (SSSR count). The molecule has 2 aromatic carbocycles. The van der Waals surface area contributed by atoms with E-state index in [1.54, 1.807) is 12.1 Å². The maximum Gasteiger partial charge on any atom is 0.221 e. The minimum atomic E-state index is -1.19. The number of carbonyl (C=O) groups excluding carboxylic acids is 2. The summed E-state index contributed by atoms with van der Waals surface area (Å²) in [5, 5.41) is 23.1. The molecule has 0 unspecified atom stereocenters. The van der Waals surface area contributed by atoms with Crippen molar-refractivity contribution in [3.8, 4) is 11.4 Å². The second-order valence-electron chi connectivity index (χ2n) is 6.09. The highest BCUT2D eigenvalue weighted by atomic mass is 32.2. The van der Waals surface area contributed by atoms with Gasteiger partial charge in [-0.05, 0) is 36.2 Å². The summed E-state index contributed by atoms with van der Waals surface area (Å²) in [6.07, 6.45) is 0. The number of hydrogen-bond acceptors (Lipinski definition) is 6. The van der Waals surface area contributed by atoms with E-state index >= 15 is 0 Å². The summed E-state index contributed by atoms with van der Waals surface area (Å²) in [5.74, 6) is -0.0553. The highest BCUT2D eigenvalue weighted by molar-refractivity contribution is 7.98. The van der Waals surface area contributed by atoms with Crippen LogP contribution >= 0.6 is 11.8 Å². The maximum atomic E-state index is 11.3. The van der Waals surface area contributed by atoms with Crippen molar-refractivity contribution in [3.05, 3.63) is 59.7 Å². The maximum absolute atomic E-state index is 11.3. The molecule has 0 atom stereocenters. The Morgan fingerprint density at radius 1 is 1.14 bits per heavy atom. The van der Waals surface area contributed by atoms with E-state index in [4.69, 9.17) is 0 Å². The Hall–Kier alpha value is -3.13. The van der Waals surface area contributed by atoms with Gasteiger partial charge < -0.3 is 19.8 Å². The molecule has 7 nitrogen and oxygen atoms in total. The van der Waals surface area contributed by atoms with Crippen molar-refractivity contribution in [2.75, 3.05) is 5.32 Å². The summed E-state index contributed by atoms with van der Waals surface area (Å²) < 4.78 is 1.99. The summed E-state index contributed by atoms with van der Waals surface area (Å²) >= 11 is 1.48. The largest absolute Gasteiger partial charge is 0.545 e. The van der Waals surface area contributed by atoms with Crippen LogP contribution in [0, 0.1) is 0 Å². The van der Waals surface area contributed by atoms with Gasteiger partial charge in [-0.2, -0.15) is 0 Å². The Morgan fingerprint density at radius 2 is 1.93 bits per heavy atom. The molecule has 0 fully saturated rings. The first kappa shape index (κ1) is 19.6. The van der Waals surface area contributed by atoms with Gasteiger partial charge >= 0.3 is 0 Å². The lowest BCUT2D eigenvalue weighted by Gasteiger charge is -2.09. The van der Waals surface area contributed by atoms with E-state index in [9.17, 15) is 14.7 Å². The summed E-state index contributed by atoms with van der Waals surface area (Å²) in [6.45, 7) is 4.14. The SMILES string of the molecule is CCn1c(SCc2cccc(C(=O)[O-])c2)nnc1-c1cccc(NC(C)=O)c1. The molecule has 1 heterocycles. The number of aromatic nitrogens is 3. The summed E-state index contributed by atoms with van der Waals surface area (Å²) in [6, 6.07) is 14.1. The number of rotatable bonds is 7. The summed E-state index contributed by atoms with van der Waals surface area (Å²) in [4.78, 5) is 22.3. The molecule has 1 amide bonds. The van der Waals surface area contributed by atoms with Gasteiger partial charge in [-0.1, -0.05) is 42.1 Å². The van der Waals surface area contributed by atoms with Crippen LogP contribution in [0.1, 0.15) is 29.8 Å². The summed E-state index contributed by atoms with van der Waals surface area (Å²) in [7, 11) is 0. The van der Waals surface area contributed by atoms with E-state index < -0.39 is 5.97 Å². The molecule has 0 radical (unpaired) electrons. The third kappa shape index (κ3) is 4.58. The fourth-order valence-corrected chi connectivity index (χ4v) is 3.71. The Morgan fingerprint density at radius 3 is 2.64 bits per heavy atom. The van der Waals surface area contributed by atoms with Crippen LogP contribution in [0.15, 0.2) is 53.7 Å². The van der Waals surface area contributed by atoms with E-state index in [1.807, 2.05) is 41.8 Å². The van der Waals surface area contributed by atoms with Crippen LogP contribution in [0.2, 0.25) is 0 Å². The number of amides is 1. The highest BCUT2D eigenvalue weighted by Gasteiger charge is 2.14. The Bertz CT molecular complexity index is 1020. The molecule has 1 aromatic heterocycles. The average Bonchev–Trinajstić information content (AvgIpc) is 3.09. The molecule has 0 bridgehead atoms. The van der Waals surface area contributed by atoms with Gasteiger partial charge in [-0.25, -0.2) is 0 Å². The third-order valence-corrected chi connectivity index (χ3v) is 5.04. The number of carbonyl (C=O) groups is 2. The van der Waals surface area contributed by atoms with Crippen LogP contribution in [0.3, 0.4) is 0 Å². The molecule has 0 saturated carbocycles. The first-order valence-electron chi connectivity index (χ1n) is 8.72. The minimum absolute atomic E-state index is 0.135. The van der Waals surface area contributed by atoms with Gasteiger partial charge in [0.05, 0.1) is 5.97 Å². The van der Waals surface area contributed by atoms with Gasteiger partial charge in [-0.3, -0.25) is 4.79 Å². The lowest BCUT2D eigenvalue weighted by molar-refractivity contribution is -0.255. The molecule has 0 aliphatic carbocycles. The topological polar surface area (TPSA) is 99.9 Å². The molecule has 0 saturated heterocycles. The zero-order chi connectivity index (χ0) is 20.1. The fraction of sp³-hybridized carbons (Fsp3) is 0.200. The first-order valence-corrected chi connectivity index (χ1v) is 9.70. The first-order chi connectivity index (χ1) is 13.5. The van der Waals surface area contributed by atoms with Crippen molar-refractivity contribution in [2.45, 2.75) is 31.3 Å². The van der Waals surface area contributed by atoms with Gasteiger partial charge in [0.1, 0.15) is 0 Å². The van der Waals surface area contributed by atoms with Gasteiger partial charge in [0.15, 0.2) is 11.0 Å². The van der Waals surface area contributed by atoms with Gasteiger partial charge in [0.2, 0.25) is 5.91 Å². The third-order valence-electron chi connectivity index (χ3n) is 4.00. The number of hydrogen-bond donors (Lipinski definition) is 1. The van der Waals surface area contributed by atoms with Crippen molar-refractivity contribution in [3.63, 3.8) is 0 Å². The van der Waals surface area contributed by atoms with Crippen LogP contribution in [0.5, 0.6) is 0 Å². The van der Waals surface area contributed by atoms with E-state index in [1.165, 1.54) is 24.8 Å². The predicted octanol–water partition coefficient (Wildman–Crippen LogP) is 2.58. The fourth-order valence-electron chi connectivity index (χ4n) is 2.77. The monoisotopic (exact) mass is 395 g/mol. The predicted molar refractivity (Wildman–Crippen MR) is 106 cm³/mol. The van der Waals surface area contributed by atoms with E-state index in [-0.39, 0.29) is 11.5 Å². The molecular weight excluding hydrogens is 376 g/mol. The quantitative estimate of drug-likeness (QED) is 0.617. The normalized spacial score (nSPS) is 10.6. The van der Waals surface area contributed by atoms with Crippen LogP contribution in [0.4, 0.5) is 5.69 Å². The van der Waals surface area contributed by atoms with Crippen molar-refractivity contribution in [1.29, 1.82) is 0 Å². The van der Waals surface area contributed by atoms with Crippen molar-refractivity contribution >= 4 is 29.3 Å². The number of benzene rings is 2. The molecule has 1 N–H and O–H groups in total. The zero-order valence-electron chi connectivity index (χ0n) is 15.5. The average molecular weight is 395 g/mol. The molecule has 0 aliphatic heterocycles. The minimum Gasteiger partial charge on any atom is -0.545 e. The van der Waals surface area contributed by atoms with Gasteiger partial charge in [-0.15, -0.1) is 10.2 Å². The molecule has 144 valence electrons. The van der Waals surface area contributed by atoms with Crippen molar-refractivity contribution in [1.82, 2.24) is 14.8 Å². The number of anilines is 1. The van der Waals surface area contributed by atoms with Crippen molar-refractivity contribution < 1.29 is 14.7 Å². The zero-order valence-corrected chi connectivity index (χ0v) is 16.3. The molecule has 0 spiro atoms. The Labute approximate surface area is 166 Å². The number of nitrogens with one attached hydrogen (secondary N) is 1. The molecule has 3 aromatic rings. The lowest BCUT2D eigenvalue weighted by atomic mass is 10.1. The van der Waals surface area contributed by atoms with E-state index in [0.717, 1.165) is 16.3 Å². The second kappa shape index (κ2) is 8.71. The van der Waals surface area contributed by atoms with E-state index in [0.29, 0.717) is 23.8 Å². The summed E-state index contributed by atoms with van der Waals surface area (Å²) in [5.41, 5.74) is 2.58. The number of thioether (sulfide) groups is 1. The van der Waals surface area contributed by atoms with E-state index in [2.05, 4.69) is 15.5 Å². The molecule has 28 heavy (non-hydrogen) atoms. The lowest BCUT2D eigenvalue weighted by Crippen LogP contribution is -2.22. The number of carboxylic acid groups (broad SMARTS) is 1. The van der Waals surface area contributed by atoms with Crippen LogP contribution < -0.4 is 10.4 Å². The Balaban J connectivity index is 1.82. The number of nitrogens with zero attached hydrogens (tertiary/aromatic N) is 3. The van der Waals surface area contributed by atoms with Crippen LogP contribution in [-0.2, 0) is 17.1 Å². The standard InChI is InChI=1S/C20H20N4O3S/c1-3-24-18(15-7-5-9-17(11-15)21-13(2)25)22-23-20(24)28-12-14-6-4-8-16(10-14)19(26)27/h4-11H,3,12H2,1-2H3,(H,21,25)(H,26,27)/p-1. The number of carboxylic acids is 1. The van der Waals surface area contributed by atoms with Gasteiger partial charge in [0, 0.05) is 30.5 Å². The molecular formula is C20H19N4O3S-. The molecule has 0 aliphatic rings. The van der Waals surface area contributed by atoms with Crippen molar-refractivity contribution in [2.24, 2.45) is 0 Å². The second-order valence-corrected chi connectivity index (χ2v) is 7.03. The van der Waals surface area contributed by atoms with Crippen LogP contribution in [-0.4, -0.2) is 26.6 Å². The van der Waals surface area contributed by atoms with Crippen LogP contribution in [0.25, 0.3) is 11.4 Å².